The Morgan fingerprint density at radius 1 is 0.839 bits per heavy atom. The van der Waals surface area contributed by atoms with Gasteiger partial charge in [0.25, 0.3) is 0 Å². The molecule has 0 saturated heterocycles. The summed E-state index contributed by atoms with van der Waals surface area (Å²) >= 11 is 5.74. The van der Waals surface area contributed by atoms with Gasteiger partial charge in [-0.05, 0) is 36.8 Å². The molecule has 0 N–H and O–H groups in total. The highest BCUT2D eigenvalue weighted by Crippen LogP contribution is 2.38. The van der Waals surface area contributed by atoms with E-state index in [1.54, 1.807) is 0 Å². The minimum atomic E-state index is -5.12. The molecule has 0 atom stereocenters. The fourth-order valence-corrected chi connectivity index (χ4v) is 2.80. The van der Waals surface area contributed by atoms with Crippen molar-refractivity contribution in [2.75, 3.05) is 0 Å². The van der Waals surface area contributed by atoms with Gasteiger partial charge in [-0.2, -0.15) is 39.5 Å². The van der Waals surface area contributed by atoms with Gasteiger partial charge in [-0.25, -0.2) is 0 Å². The third kappa shape index (κ3) is 6.28. The highest BCUT2D eigenvalue weighted by Gasteiger charge is 2.38. The summed E-state index contributed by atoms with van der Waals surface area (Å²) in [5, 5.41) is 3.45. The molecule has 0 saturated carbocycles. The highest BCUT2D eigenvalue weighted by atomic mass is 35.5. The summed E-state index contributed by atoms with van der Waals surface area (Å²) in [6, 6.07) is 3.67. The Labute approximate surface area is 175 Å². The van der Waals surface area contributed by atoms with E-state index in [-0.39, 0.29) is 23.2 Å². The van der Waals surface area contributed by atoms with Crippen LogP contribution in [-0.2, 0) is 30.0 Å². The zero-order valence-electron chi connectivity index (χ0n) is 15.5. The lowest BCUT2D eigenvalue weighted by molar-refractivity contribution is -0.144. The van der Waals surface area contributed by atoms with Crippen LogP contribution in [0.1, 0.15) is 41.2 Å². The lowest BCUT2D eigenvalue weighted by Gasteiger charge is -2.16. The van der Waals surface area contributed by atoms with Crippen LogP contribution >= 0.6 is 11.6 Å². The van der Waals surface area contributed by atoms with Crippen LogP contribution in [-0.4, -0.2) is 5.71 Å². The standard InChI is InChI=1S/C19H13ClF9NO/c1-2-16(13-8-12(20)5-6-14(13)18(24,25)26)30-31-9-10-3-4-11(17(21,22)23)7-15(10)19(27,28)29/h3-8H,2,9H2,1H3. The molecule has 2 aromatic rings. The molecule has 0 fully saturated rings. The first-order valence-electron chi connectivity index (χ1n) is 8.47. The summed E-state index contributed by atoms with van der Waals surface area (Å²) in [5.41, 5.74) is -5.51. The number of alkyl halides is 9. The predicted molar refractivity (Wildman–Crippen MR) is 94.5 cm³/mol. The number of halogens is 10. The largest absolute Gasteiger partial charge is 0.417 e. The second kappa shape index (κ2) is 8.97. The van der Waals surface area contributed by atoms with E-state index in [0.717, 1.165) is 18.2 Å². The van der Waals surface area contributed by atoms with Crippen molar-refractivity contribution >= 4 is 17.3 Å². The maximum atomic E-state index is 13.2. The molecule has 0 bridgehead atoms. The molecular weight excluding hydrogens is 465 g/mol. The average molecular weight is 478 g/mol. The number of oxime groups is 1. The van der Waals surface area contributed by atoms with Gasteiger partial charge in [0.15, 0.2) is 0 Å². The van der Waals surface area contributed by atoms with E-state index < -0.39 is 53.0 Å². The monoisotopic (exact) mass is 477 g/mol. The molecule has 31 heavy (non-hydrogen) atoms. The first-order valence-corrected chi connectivity index (χ1v) is 8.85. The van der Waals surface area contributed by atoms with Crippen LogP contribution in [0, 0.1) is 0 Å². The second-order valence-electron chi connectivity index (χ2n) is 6.22. The third-order valence-corrected chi connectivity index (χ3v) is 4.31. The Balaban J connectivity index is 2.38. The van der Waals surface area contributed by atoms with Gasteiger partial charge in [-0.1, -0.05) is 29.7 Å². The summed E-state index contributed by atoms with van der Waals surface area (Å²) < 4.78 is 117. The minimum absolute atomic E-state index is 0.0359. The third-order valence-electron chi connectivity index (χ3n) is 4.07. The SMILES string of the molecule is CCC(=NOCc1ccc(C(F)(F)F)cc1C(F)(F)F)c1cc(Cl)ccc1C(F)(F)F. The molecule has 0 aromatic heterocycles. The Morgan fingerprint density at radius 2 is 1.45 bits per heavy atom. The number of hydrogen-bond acceptors (Lipinski definition) is 2. The van der Waals surface area contributed by atoms with Crippen LogP contribution in [0.2, 0.25) is 5.02 Å². The normalized spacial score (nSPS) is 13.5. The first-order chi connectivity index (χ1) is 14.1. The number of nitrogens with zero attached hydrogens (tertiary/aromatic N) is 1. The zero-order valence-corrected chi connectivity index (χ0v) is 16.3. The van der Waals surface area contributed by atoms with E-state index in [4.69, 9.17) is 16.4 Å². The molecule has 0 aliphatic rings. The van der Waals surface area contributed by atoms with E-state index in [2.05, 4.69) is 5.16 Å². The average Bonchev–Trinajstić information content (AvgIpc) is 2.62. The number of rotatable bonds is 5. The molecule has 2 aromatic carbocycles. The van der Waals surface area contributed by atoms with Gasteiger partial charge >= 0.3 is 18.5 Å². The summed E-state index contributed by atoms with van der Waals surface area (Å²) in [4.78, 5) is 4.79. The predicted octanol–water partition coefficient (Wildman–Crippen LogP) is 7.73. The summed E-state index contributed by atoms with van der Waals surface area (Å²) in [5.74, 6) is 0. The van der Waals surface area contributed by atoms with E-state index in [1.807, 2.05) is 0 Å². The lowest BCUT2D eigenvalue weighted by Crippen LogP contribution is -2.15. The molecule has 0 amide bonds. The first kappa shape index (κ1) is 24.8. The molecule has 2 rings (SSSR count). The van der Waals surface area contributed by atoms with E-state index >= 15 is 0 Å². The van der Waals surface area contributed by atoms with Crippen LogP contribution in [0.25, 0.3) is 0 Å². The lowest BCUT2D eigenvalue weighted by atomic mass is 10.0. The molecule has 2 nitrogen and oxygen atoms in total. The van der Waals surface area contributed by atoms with Crippen molar-refractivity contribution in [1.82, 2.24) is 0 Å². The van der Waals surface area contributed by atoms with E-state index in [1.165, 1.54) is 6.92 Å². The highest BCUT2D eigenvalue weighted by molar-refractivity contribution is 6.31. The van der Waals surface area contributed by atoms with Crippen LogP contribution in [0.4, 0.5) is 39.5 Å². The van der Waals surface area contributed by atoms with E-state index in [9.17, 15) is 39.5 Å². The second-order valence-corrected chi connectivity index (χ2v) is 6.66. The molecule has 12 heteroatoms. The molecule has 0 aliphatic carbocycles. The van der Waals surface area contributed by atoms with Crippen LogP contribution in [0.3, 0.4) is 0 Å². The maximum absolute atomic E-state index is 13.2. The van der Waals surface area contributed by atoms with Crippen molar-refractivity contribution in [3.63, 3.8) is 0 Å². The molecule has 0 aliphatic heterocycles. The van der Waals surface area contributed by atoms with Crippen molar-refractivity contribution in [3.05, 3.63) is 69.2 Å². The minimum Gasteiger partial charge on any atom is -0.391 e. The van der Waals surface area contributed by atoms with Crippen LogP contribution in [0.5, 0.6) is 0 Å². The van der Waals surface area contributed by atoms with Gasteiger partial charge in [0.2, 0.25) is 0 Å². The summed E-state index contributed by atoms with van der Waals surface area (Å²) in [6.07, 6.45) is -15.0. The van der Waals surface area contributed by atoms with Crippen LogP contribution in [0.15, 0.2) is 41.6 Å². The fraction of sp³-hybridized carbons (Fsp3) is 0.316. The van der Waals surface area contributed by atoms with Crippen molar-refractivity contribution in [2.24, 2.45) is 5.16 Å². The molecular formula is C19H13ClF9NO. The topological polar surface area (TPSA) is 21.6 Å². The van der Waals surface area contributed by atoms with Gasteiger partial charge in [-0.3, -0.25) is 0 Å². The van der Waals surface area contributed by atoms with Crippen molar-refractivity contribution < 1.29 is 44.4 Å². The zero-order chi connectivity index (χ0) is 23.6. The van der Waals surface area contributed by atoms with E-state index in [0.29, 0.717) is 12.1 Å². The van der Waals surface area contributed by atoms with Crippen molar-refractivity contribution in [1.29, 1.82) is 0 Å². The van der Waals surface area contributed by atoms with Gasteiger partial charge in [0.05, 0.1) is 22.4 Å². The smallest absolute Gasteiger partial charge is 0.391 e. The quantitative estimate of drug-likeness (QED) is 0.245. The van der Waals surface area contributed by atoms with Crippen molar-refractivity contribution in [2.45, 2.75) is 38.5 Å². The Hall–Kier alpha value is -2.43. The Kier molecular flexibility index (Phi) is 7.19. The summed E-state index contributed by atoms with van der Waals surface area (Å²) in [6.45, 7) is 0.515. The Bertz CT molecular complexity index is 962. The maximum Gasteiger partial charge on any atom is 0.417 e. The number of benzene rings is 2. The molecule has 170 valence electrons. The van der Waals surface area contributed by atoms with Gasteiger partial charge in [0, 0.05) is 16.1 Å². The summed E-state index contributed by atoms with van der Waals surface area (Å²) in [7, 11) is 0. The van der Waals surface area contributed by atoms with Crippen LogP contribution < -0.4 is 0 Å². The fourth-order valence-electron chi connectivity index (χ4n) is 2.63. The molecule has 0 heterocycles. The number of hydrogen-bond donors (Lipinski definition) is 0. The molecule has 0 radical (unpaired) electrons. The molecule has 0 spiro atoms. The van der Waals surface area contributed by atoms with Crippen molar-refractivity contribution in [3.8, 4) is 0 Å². The Morgan fingerprint density at radius 3 is 1.97 bits per heavy atom. The van der Waals surface area contributed by atoms with Gasteiger partial charge < -0.3 is 4.84 Å². The van der Waals surface area contributed by atoms with Gasteiger partial charge in [-0.15, -0.1) is 0 Å². The molecule has 0 unspecified atom stereocenters. The van der Waals surface area contributed by atoms with Gasteiger partial charge in [0.1, 0.15) is 6.61 Å².